The van der Waals surface area contributed by atoms with Crippen LogP contribution >= 0.6 is 0 Å². The lowest BCUT2D eigenvalue weighted by atomic mass is 9.86. The van der Waals surface area contributed by atoms with Crippen LogP contribution in [-0.2, 0) is 9.47 Å². The Hall–Kier alpha value is -0.380. The zero-order chi connectivity index (χ0) is 8.77. The second-order valence-corrected chi connectivity index (χ2v) is 3.58. The number of rotatable bonds is 2. The minimum atomic E-state index is -0.508. The molecule has 3 heteroatoms. The van der Waals surface area contributed by atoms with Gasteiger partial charge in [0, 0.05) is 5.92 Å². The highest BCUT2D eigenvalue weighted by atomic mass is 16.6. The topological polar surface area (TPSA) is 38.7 Å². The molecule has 3 nitrogen and oxygen atoms in total. The van der Waals surface area contributed by atoms with Crippen LogP contribution in [0, 0.1) is 5.92 Å². The summed E-state index contributed by atoms with van der Waals surface area (Å²) in [6.45, 7) is 6.70. The summed E-state index contributed by atoms with van der Waals surface area (Å²) in [6, 6.07) is 0. The Labute approximate surface area is 72.0 Å². The first-order valence-corrected chi connectivity index (χ1v) is 4.27. The molecule has 2 fully saturated rings. The molecule has 0 aromatic rings. The average Bonchev–Trinajstić information content (AvgIpc) is 2.60. The van der Waals surface area contributed by atoms with Crippen molar-refractivity contribution in [2.45, 2.75) is 24.7 Å². The van der Waals surface area contributed by atoms with Crippen molar-refractivity contribution in [3.8, 4) is 0 Å². The normalized spacial score (nSPS) is 47.8. The van der Waals surface area contributed by atoms with E-state index in [0.29, 0.717) is 13.2 Å². The summed E-state index contributed by atoms with van der Waals surface area (Å²) in [5.41, 5.74) is -0.508. The summed E-state index contributed by atoms with van der Waals surface area (Å²) in [5.74, 6) is 0.139. The van der Waals surface area contributed by atoms with Crippen molar-refractivity contribution in [2.75, 3.05) is 13.2 Å². The first-order chi connectivity index (χ1) is 5.70. The van der Waals surface area contributed by atoms with Crippen molar-refractivity contribution in [3.63, 3.8) is 0 Å². The second-order valence-electron chi connectivity index (χ2n) is 3.58. The van der Waals surface area contributed by atoms with Gasteiger partial charge in [0.25, 0.3) is 0 Å². The van der Waals surface area contributed by atoms with Gasteiger partial charge in [-0.3, -0.25) is 0 Å². The third-order valence-corrected chi connectivity index (χ3v) is 3.02. The van der Waals surface area contributed by atoms with E-state index < -0.39 is 11.7 Å². The molecule has 0 aromatic carbocycles. The van der Waals surface area contributed by atoms with Crippen LogP contribution < -0.4 is 0 Å². The third kappa shape index (κ3) is 0.815. The largest absolute Gasteiger partial charge is 0.387 e. The standard InChI is InChI=1S/C9H14O3/c1-3-6(2)9-5-11-7(4-12-9)8(9)10/h3,6-8,10H,1,4-5H2,2H3/t6-,7-,8-,9+/m0/s1. The van der Waals surface area contributed by atoms with Gasteiger partial charge in [-0.2, -0.15) is 0 Å². The van der Waals surface area contributed by atoms with Crippen LogP contribution in [-0.4, -0.2) is 36.1 Å². The van der Waals surface area contributed by atoms with Crippen LogP contribution in [0.4, 0.5) is 0 Å². The van der Waals surface area contributed by atoms with Gasteiger partial charge in [-0.25, -0.2) is 0 Å². The smallest absolute Gasteiger partial charge is 0.126 e. The first-order valence-electron chi connectivity index (χ1n) is 4.27. The van der Waals surface area contributed by atoms with E-state index in [-0.39, 0.29) is 12.0 Å². The summed E-state index contributed by atoms with van der Waals surface area (Å²) in [4.78, 5) is 0. The maximum Gasteiger partial charge on any atom is 0.126 e. The van der Waals surface area contributed by atoms with Crippen molar-refractivity contribution in [2.24, 2.45) is 5.92 Å². The van der Waals surface area contributed by atoms with Crippen molar-refractivity contribution in [1.82, 2.24) is 0 Å². The number of hydrogen-bond acceptors (Lipinski definition) is 3. The number of ether oxygens (including phenoxy) is 2. The van der Waals surface area contributed by atoms with E-state index in [1.165, 1.54) is 0 Å². The predicted molar refractivity (Wildman–Crippen MR) is 43.8 cm³/mol. The molecular weight excluding hydrogens is 156 g/mol. The number of hydrogen-bond donors (Lipinski definition) is 1. The maximum atomic E-state index is 9.78. The van der Waals surface area contributed by atoms with E-state index in [9.17, 15) is 5.11 Å². The van der Waals surface area contributed by atoms with Crippen molar-refractivity contribution >= 4 is 0 Å². The zero-order valence-electron chi connectivity index (χ0n) is 7.19. The summed E-state index contributed by atoms with van der Waals surface area (Å²) in [5, 5.41) is 9.78. The van der Waals surface area contributed by atoms with Crippen molar-refractivity contribution in [3.05, 3.63) is 12.7 Å². The van der Waals surface area contributed by atoms with Crippen LogP contribution in [0.3, 0.4) is 0 Å². The Morgan fingerprint density at radius 3 is 2.83 bits per heavy atom. The van der Waals surface area contributed by atoms with E-state index in [4.69, 9.17) is 9.47 Å². The highest BCUT2D eigenvalue weighted by Crippen LogP contribution is 2.41. The Bertz CT molecular complexity index is 194. The van der Waals surface area contributed by atoms with Gasteiger partial charge in [0.2, 0.25) is 0 Å². The first kappa shape index (κ1) is 8.23. The minimum Gasteiger partial charge on any atom is -0.387 e. The summed E-state index contributed by atoms with van der Waals surface area (Å²) >= 11 is 0. The highest BCUT2D eigenvalue weighted by Gasteiger charge is 2.58. The van der Waals surface area contributed by atoms with Crippen LogP contribution in [0.25, 0.3) is 0 Å². The van der Waals surface area contributed by atoms with Gasteiger partial charge >= 0.3 is 0 Å². The lowest BCUT2D eigenvalue weighted by Crippen LogP contribution is -2.45. The molecule has 12 heavy (non-hydrogen) atoms. The molecule has 2 aliphatic heterocycles. The summed E-state index contributed by atoms with van der Waals surface area (Å²) in [7, 11) is 0. The van der Waals surface area contributed by atoms with Gasteiger partial charge in [-0.1, -0.05) is 13.0 Å². The Kier molecular flexibility index (Phi) is 1.75. The van der Waals surface area contributed by atoms with E-state index in [0.717, 1.165) is 0 Å². The van der Waals surface area contributed by atoms with Gasteiger partial charge in [-0.05, 0) is 0 Å². The Morgan fingerprint density at radius 1 is 1.75 bits per heavy atom. The van der Waals surface area contributed by atoms with Gasteiger partial charge in [0.05, 0.1) is 13.2 Å². The number of aliphatic hydroxyl groups is 1. The third-order valence-electron chi connectivity index (χ3n) is 3.02. The lowest BCUT2D eigenvalue weighted by Gasteiger charge is -2.31. The van der Waals surface area contributed by atoms with Crippen LogP contribution in [0.2, 0.25) is 0 Å². The molecular formula is C9H14O3. The van der Waals surface area contributed by atoms with Gasteiger partial charge in [-0.15, -0.1) is 6.58 Å². The summed E-state index contributed by atoms with van der Waals surface area (Å²) in [6.07, 6.45) is 1.21. The quantitative estimate of drug-likeness (QED) is 0.607. The number of aliphatic hydroxyl groups excluding tert-OH is 1. The molecule has 0 aliphatic carbocycles. The molecule has 4 atom stereocenters. The van der Waals surface area contributed by atoms with E-state index in [1.807, 2.05) is 6.92 Å². The summed E-state index contributed by atoms with van der Waals surface area (Å²) < 4.78 is 10.9. The molecule has 0 saturated carbocycles. The van der Waals surface area contributed by atoms with Gasteiger partial charge in [0.15, 0.2) is 0 Å². The average molecular weight is 170 g/mol. The molecule has 0 unspecified atom stereocenters. The van der Waals surface area contributed by atoms with Crippen LogP contribution in [0.5, 0.6) is 0 Å². The molecule has 0 amide bonds. The number of fused-ring (bicyclic) bond motifs is 2. The van der Waals surface area contributed by atoms with E-state index in [1.54, 1.807) is 6.08 Å². The molecule has 2 rings (SSSR count). The lowest BCUT2D eigenvalue weighted by molar-refractivity contribution is -0.118. The van der Waals surface area contributed by atoms with E-state index >= 15 is 0 Å². The zero-order valence-corrected chi connectivity index (χ0v) is 7.19. The SMILES string of the molecule is C=C[C@H](C)[C@@]12CO[C@@H](CO1)[C@@H]2O. The monoisotopic (exact) mass is 170 g/mol. The Balaban J connectivity index is 2.24. The molecule has 0 radical (unpaired) electrons. The minimum absolute atomic E-state index is 0.118. The van der Waals surface area contributed by atoms with Crippen molar-refractivity contribution < 1.29 is 14.6 Å². The molecule has 2 heterocycles. The van der Waals surface area contributed by atoms with Crippen molar-refractivity contribution in [1.29, 1.82) is 0 Å². The fraction of sp³-hybridized carbons (Fsp3) is 0.778. The molecule has 2 aliphatic rings. The van der Waals surface area contributed by atoms with Gasteiger partial charge < -0.3 is 14.6 Å². The molecule has 0 spiro atoms. The maximum absolute atomic E-state index is 9.78. The fourth-order valence-electron chi connectivity index (χ4n) is 1.96. The molecule has 0 aromatic heterocycles. The van der Waals surface area contributed by atoms with Gasteiger partial charge in [0.1, 0.15) is 17.8 Å². The van der Waals surface area contributed by atoms with Crippen LogP contribution in [0.1, 0.15) is 6.92 Å². The van der Waals surface area contributed by atoms with Crippen LogP contribution in [0.15, 0.2) is 12.7 Å². The molecule has 2 bridgehead atoms. The van der Waals surface area contributed by atoms with E-state index in [2.05, 4.69) is 6.58 Å². The molecule has 2 saturated heterocycles. The highest BCUT2D eigenvalue weighted by molar-refractivity contribution is 5.09. The second kappa shape index (κ2) is 2.55. The molecule has 1 N–H and O–H groups in total. The fourth-order valence-corrected chi connectivity index (χ4v) is 1.96. The Morgan fingerprint density at radius 2 is 2.50 bits per heavy atom. The molecule has 68 valence electrons. The predicted octanol–water partition coefficient (Wildman–Crippen LogP) is 0.337.